The largest absolute Gasteiger partial charge is 0.417 e. The third-order valence-electron chi connectivity index (χ3n) is 4.25. The van der Waals surface area contributed by atoms with E-state index in [4.69, 9.17) is 11.6 Å². The molecule has 2 rings (SSSR count). The molecule has 3 amide bonds. The second-order valence-corrected chi connectivity index (χ2v) is 7.46. The fourth-order valence-electron chi connectivity index (χ4n) is 2.82. The van der Waals surface area contributed by atoms with Gasteiger partial charge in [0.1, 0.15) is 0 Å². The Balaban J connectivity index is 1.91. The average Bonchev–Trinajstić information content (AvgIpc) is 2.65. The number of nitrogens with one attached hydrogen (secondary N) is 2. The fourth-order valence-corrected chi connectivity index (χ4v) is 3.05. The van der Waals surface area contributed by atoms with E-state index in [1.54, 1.807) is 12.1 Å². The number of halogens is 4. The number of likely N-dealkylation sites (N-methyl/N-ethyl adjacent to an activating group) is 1. The first-order valence-electron chi connectivity index (χ1n) is 9.14. The van der Waals surface area contributed by atoms with Gasteiger partial charge in [-0.1, -0.05) is 28.8 Å². The Labute approximate surface area is 182 Å². The van der Waals surface area contributed by atoms with Gasteiger partial charge in [0, 0.05) is 18.3 Å². The van der Waals surface area contributed by atoms with E-state index in [0.29, 0.717) is 11.6 Å². The lowest BCUT2D eigenvalue weighted by Gasteiger charge is -2.18. The minimum absolute atomic E-state index is 0.106. The molecule has 166 valence electrons. The van der Waals surface area contributed by atoms with Crippen LogP contribution in [0.2, 0.25) is 5.02 Å². The number of amides is 3. The van der Waals surface area contributed by atoms with Crippen molar-refractivity contribution in [2.75, 3.05) is 25.5 Å². The minimum atomic E-state index is -4.67. The summed E-state index contributed by atoms with van der Waals surface area (Å²) in [6.07, 6.45) is -4.67. The maximum Gasteiger partial charge on any atom is 0.417 e. The lowest BCUT2D eigenvalue weighted by Crippen LogP contribution is -2.41. The van der Waals surface area contributed by atoms with Crippen molar-refractivity contribution in [2.24, 2.45) is 0 Å². The molecular weight excluding hydrogens is 435 g/mol. The zero-order chi connectivity index (χ0) is 23.3. The second kappa shape index (κ2) is 9.82. The highest BCUT2D eigenvalue weighted by Gasteiger charge is 2.33. The second-order valence-electron chi connectivity index (χ2n) is 7.05. The van der Waals surface area contributed by atoms with Crippen LogP contribution in [0.1, 0.15) is 27.0 Å². The van der Waals surface area contributed by atoms with E-state index in [1.807, 2.05) is 19.9 Å². The predicted molar refractivity (Wildman–Crippen MR) is 111 cm³/mol. The van der Waals surface area contributed by atoms with Crippen LogP contribution in [0.25, 0.3) is 0 Å². The third-order valence-corrected chi connectivity index (χ3v) is 4.58. The van der Waals surface area contributed by atoms with Crippen LogP contribution in [0, 0.1) is 13.8 Å². The first kappa shape index (κ1) is 24.2. The van der Waals surface area contributed by atoms with Crippen LogP contribution < -0.4 is 10.6 Å². The van der Waals surface area contributed by atoms with Gasteiger partial charge in [-0.25, -0.2) is 0 Å². The molecule has 0 atom stereocenters. The van der Waals surface area contributed by atoms with Crippen LogP contribution in [0.3, 0.4) is 0 Å². The van der Waals surface area contributed by atoms with E-state index >= 15 is 0 Å². The van der Waals surface area contributed by atoms with Crippen LogP contribution in [-0.4, -0.2) is 42.8 Å². The summed E-state index contributed by atoms with van der Waals surface area (Å²) >= 11 is 5.54. The maximum absolute atomic E-state index is 12.9. The molecule has 0 aliphatic rings. The Morgan fingerprint density at radius 3 is 2.23 bits per heavy atom. The molecule has 2 N–H and O–H groups in total. The van der Waals surface area contributed by atoms with Gasteiger partial charge in [0.2, 0.25) is 11.8 Å². The Hall–Kier alpha value is -3.07. The minimum Gasteiger partial charge on any atom is -0.343 e. The fraction of sp³-hybridized carbons (Fsp3) is 0.286. The molecule has 0 aliphatic carbocycles. The van der Waals surface area contributed by atoms with Gasteiger partial charge in [-0.15, -0.1) is 0 Å². The van der Waals surface area contributed by atoms with Gasteiger partial charge in [0.05, 0.1) is 23.7 Å². The maximum atomic E-state index is 12.9. The Kier molecular flexibility index (Phi) is 7.67. The van der Waals surface area contributed by atoms with Crippen molar-refractivity contribution in [1.29, 1.82) is 0 Å². The monoisotopic (exact) mass is 455 g/mol. The van der Waals surface area contributed by atoms with Gasteiger partial charge in [0.15, 0.2) is 0 Å². The predicted octanol–water partition coefficient (Wildman–Crippen LogP) is 3.80. The van der Waals surface area contributed by atoms with Crippen molar-refractivity contribution >= 4 is 35.0 Å². The molecule has 0 aromatic heterocycles. The molecule has 6 nitrogen and oxygen atoms in total. The smallest absolute Gasteiger partial charge is 0.343 e. The zero-order valence-electron chi connectivity index (χ0n) is 17.1. The highest BCUT2D eigenvalue weighted by atomic mass is 35.5. The molecule has 0 spiro atoms. The molecule has 0 saturated heterocycles. The van der Waals surface area contributed by atoms with E-state index in [9.17, 15) is 27.6 Å². The number of aryl methyl sites for hydroxylation is 2. The first-order valence-corrected chi connectivity index (χ1v) is 9.51. The van der Waals surface area contributed by atoms with Crippen molar-refractivity contribution in [3.63, 3.8) is 0 Å². The third kappa shape index (κ3) is 6.99. The van der Waals surface area contributed by atoms with E-state index in [0.717, 1.165) is 22.1 Å². The van der Waals surface area contributed by atoms with Crippen LogP contribution in [0.5, 0.6) is 0 Å². The summed E-state index contributed by atoms with van der Waals surface area (Å²) in [5.41, 5.74) is 1.03. The highest BCUT2D eigenvalue weighted by Crippen LogP contribution is 2.36. The van der Waals surface area contributed by atoms with Crippen LogP contribution in [0.15, 0.2) is 36.4 Å². The lowest BCUT2D eigenvalue weighted by molar-refractivity contribution is -0.137. The van der Waals surface area contributed by atoms with Crippen LogP contribution in [0.4, 0.5) is 18.9 Å². The molecule has 0 aliphatic heterocycles. The van der Waals surface area contributed by atoms with Crippen molar-refractivity contribution in [2.45, 2.75) is 20.0 Å². The number of nitrogens with zero attached hydrogens (tertiary/aromatic N) is 1. The summed E-state index contributed by atoms with van der Waals surface area (Å²) in [6, 6.07) is 8.24. The molecule has 2 aromatic rings. The number of benzene rings is 2. The summed E-state index contributed by atoms with van der Waals surface area (Å²) in [5.74, 6) is -1.68. The normalized spacial score (nSPS) is 11.1. The standard InChI is InChI=1S/C21H21ClF3N3O3/c1-12-6-13(2)8-14(7-12)20(31)26-10-19(30)28(3)11-18(29)27-15-4-5-17(22)16(9-15)21(23,24)25/h4-9H,10-11H2,1-3H3,(H,26,31)(H,27,29). The van der Waals surface area contributed by atoms with Crippen molar-refractivity contribution in [3.05, 3.63) is 63.7 Å². The highest BCUT2D eigenvalue weighted by molar-refractivity contribution is 6.31. The summed E-state index contributed by atoms with van der Waals surface area (Å²) in [4.78, 5) is 37.6. The molecule has 0 saturated carbocycles. The number of carbonyl (C=O) groups excluding carboxylic acids is 3. The Morgan fingerprint density at radius 2 is 1.65 bits per heavy atom. The van der Waals surface area contributed by atoms with Crippen molar-refractivity contribution in [3.8, 4) is 0 Å². The van der Waals surface area contributed by atoms with Crippen molar-refractivity contribution in [1.82, 2.24) is 10.2 Å². The van der Waals surface area contributed by atoms with E-state index in [-0.39, 0.29) is 12.2 Å². The average molecular weight is 456 g/mol. The van der Waals surface area contributed by atoms with Crippen LogP contribution in [-0.2, 0) is 15.8 Å². The molecule has 0 unspecified atom stereocenters. The van der Waals surface area contributed by atoms with Crippen LogP contribution >= 0.6 is 11.6 Å². The molecule has 0 fully saturated rings. The molecule has 2 aromatic carbocycles. The molecule has 10 heteroatoms. The summed E-state index contributed by atoms with van der Waals surface area (Å²) in [5, 5.41) is 4.29. The molecular formula is C21H21ClF3N3O3. The van der Waals surface area contributed by atoms with E-state index in [1.165, 1.54) is 13.1 Å². The number of carbonyl (C=O) groups is 3. The lowest BCUT2D eigenvalue weighted by atomic mass is 10.1. The number of rotatable bonds is 6. The van der Waals surface area contributed by atoms with Gasteiger partial charge >= 0.3 is 6.18 Å². The Bertz CT molecular complexity index is 989. The number of hydrogen-bond acceptors (Lipinski definition) is 3. The summed E-state index contributed by atoms with van der Waals surface area (Å²) < 4.78 is 38.7. The molecule has 0 bridgehead atoms. The van der Waals surface area contributed by atoms with Crippen molar-refractivity contribution < 1.29 is 27.6 Å². The molecule has 31 heavy (non-hydrogen) atoms. The zero-order valence-corrected chi connectivity index (χ0v) is 17.8. The first-order chi connectivity index (χ1) is 14.4. The van der Waals surface area contributed by atoms with Gasteiger partial charge in [-0.05, 0) is 44.2 Å². The number of alkyl halides is 3. The van der Waals surface area contributed by atoms with Gasteiger partial charge in [0.25, 0.3) is 5.91 Å². The van der Waals surface area contributed by atoms with E-state index < -0.39 is 41.0 Å². The Morgan fingerprint density at radius 1 is 1.03 bits per heavy atom. The SMILES string of the molecule is Cc1cc(C)cc(C(=O)NCC(=O)N(C)CC(=O)Nc2ccc(Cl)c(C(F)(F)F)c2)c1. The topological polar surface area (TPSA) is 78.5 Å². The van der Waals surface area contributed by atoms with E-state index in [2.05, 4.69) is 10.6 Å². The number of anilines is 1. The number of hydrogen-bond donors (Lipinski definition) is 2. The summed E-state index contributed by atoms with van der Waals surface area (Å²) in [7, 11) is 1.34. The quantitative estimate of drug-likeness (QED) is 0.695. The van der Waals surface area contributed by atoms with Gasteiger partial charge < -0.3 is 15.5 Å². The van der Waals surface area contributed by atoms with Gasteiger partial charge in [-0.2, -0.15) is 13.2 Å². The van der Waals surface area contributed by atoms with Gasteiger partial charge in [-0.3, -0.25) is 14.4 Å². The summed E-state index contributed by atoms with van der Waals surface area (Å²) in [6.45, 7) is 2.94. The molecule has 0 heterocycles. The molecule has 0 radical (unpaired) electrons.